The molecule has 1 aliphatic heterocycles. The number of rotatable bonds is 5. The van der Waals surface area contributed by atoms with Crippen molar-refractivity contribution in [3.8, 4) is 0 Å². The minimum Gasteiger partial charge on any atom is -0.480 e. The number of thiophene rings is 1. The summed E-state index contributed by atoms with van der Waals surface area (Å²) in [5.41, 5.74) is 1.94. The average Bonchev–Trinajstić information content (AvgIpc) is 3.06. The van der Waals surface area contributed by atoms with Crippen LogP contribution in [0.25, 0.3) is 0 Å². The summed E-state index contributed by atoms with van der Waals surface area (Å²) in [7, 11) is 0. The van der Waals surface area contributed by atoms with Gasteiger partial charge in [0.15, 0.2) is 0 Å². The zero-order chi connectivity index (χ0) is 18.7. The second-order valence-corrected chi connectivity index (χ2v) is 7.06. The van der Waals surface area contributed by atoms with E-state index in [0.29, 0.717) is 29.3 Å². The van der Waals surface area contributed by atoms with Crippen LogP contribution < -0.4 is 10.6 Å². The number of nitrogens with one attached hydrogen (secondary N) is 2. The molecule has 2 aromatic rings. The van der Waals surface area contributed by atoms with Crippen molar-refractivity contribution < 1.29 is 24.2 Å². The quantitative estimate of drug-likeness (QED) is 0.745. The van der Waals surface area contributed by atoms with Crippen molar-refractivity contribution in [2.24, 2.45) is 0 Å². The van der Waals surface area contributed by atoms with Crippen molar-refractivity contribution in [3.63, 3.8) is 0 Å². The maximum atomic E-state index is 12.4. The minimum atomic E-state index is -1.11. The maximum Gasteiger partial charge on any atom is 0.325 e. The number of aliphatic carboxylic acids is 1. The van der Waals surface area contributed by atoms with Gasteiger partial charge in [0.05, 0.1) is 18.1 Å². The van der Waals surface area contributed by atoms with E-state index in [4.69, 9.17) is 9.84 Å². The van der Waals surface area contributed by atoms with Gasteiger partial charge < -0.3 is 20.5 Å². The average molecular weight is 374 g/mol. The molecule has 0 aliphatic carbocycles. The number of carbonyl (C=O) groups is 3. The Kier molecular flexibility index (Phi) is 5.34. The number of fused-ring (bicyclic) bond motifs is 1. The van der Waals surface area contributed by atoms with Gasteiger partial charge in [-0.25, -0.2) is 0 Å². The normalized spacial score (nSPS) is 14.2. The maximum absolute atomic E-state index is 12.4. The van der Waals surface area contributed by atoms with Crippen LogP contribution in [0.4, 0.5) is 5.69 Å². The number of anilines is 1. The Balaban J connectivity index is 1.63. The molecule has 2 amide bonds. The van der Waals surface area contributed by atoms with Crippen molar-refractivity contribution in [2.75, 3.05) is 11.9 Å². The number of carboxylic acids is 1. The number of carbonyl (C=O) groups excluding carboxylic acids is 2. The highest BCUT2D eigenvalue weighted by Gasteiger charge is 2.18. The van der Waals surface area contributed by atoms with E-state index in [1.165, 1.54) is 35.3 Å². The number of hydrogen-bond acceptors (Lipinski definition) is 5. The molecule has 1 unspecified atom stereocenters. The zero-order valence-corrected chi connectivity index (χ0v) is 14.9. The number of benzene rings is 1. The van der Waals surface area contributed by atoms with Gasteiger partial charge >= 0.3 is 5.97 Å². The summed E-state index contributed by atoms with van der Waals surface area (Å²) >= 11 is 1.47. The first-order valence-corrected chi connectivity index (χ1v) is 8.90. The van der Waals surface area contributed by atoms with Crippen molar-refractivity contribution >= 4 is 34.8 Å². The lowest BCUT2D eigenvalue weighted by Crippen LogP contribution is -2.38. The van der Waals surface area contributed by atoms with E-state index in [1.54, 1.807) is 12.1 Å². The number of ether oxygens (including phenoxy) is 1. The summed E-state index contributed by atoms with van der Waals surface area (Å²) in [6, 6.07) is 7.16. The van der Waals surface area contributed by atoms with Crippen LogP contribution in [0.5, 0.6) is 0 Å². The molecule has 0 radical (unpaired) electrons. The Bertz CT molecular complexity index is 820. The van der Waals surface area contributed by atoms with E-state index in [1.807, 2.05) is 6.07 Å². The van der Waals surface area contributed by atoms with E-state index >= 15 is 0 Å². The molecule has 7 nitrogen and oxygen atoms in total. The summed E-state index contributed by atoms with van der Waals surface area (Å²) < 4.78 is 5.39. The molecule has 1 aromatic carbocycles. The molecule has 0 spiro atoms. The topological polar surface area (TPSA) is 105 Å². The van der Waals surface area contributed by atoms with E-state index in [-0.39, 0.29) is 5.91 Å². The van der Waals surface area contributed by atoms with Gasteiger partial charge in [-0.15, -0.1) is 11.3 Å². The number of amides is 2. The fraction of sp³-hybridized carbons (Fsp3) is 0.278. The third-order valence-electron chi connectivity index (χ3n) is 3.97. The molecule has 1 aliphatic rings. The molecule has 0 saturated heterocycles. The molecule has 1 atom stereocenters. The van der Waals surface area contributed by atoms with Crippen molar-refractivity contribution in [3.05, 3.63) is 51.2 Å². The Hall–Kier alpha value is -2.71. The van der Waals surface area contributed by atoms with Crippen molar-refractivity contribution in [1.29, 1.82) is 0 Å². The predicted molar refractivity (Wildman–Crippen MR) is 96.6 cm³/mol. The fourth-order valence-electron chi connectivity index (χ4n) is 2.50. The fourth-order valence-corrected chi connectivity index (χ4v) is 3.54. The Morgan fingerprint density at radius 1 is 1.19 bits per heavy atom. The van der Waals surface area contributed by atoms with Crippen LogP contribution in [0.1, 0.15) is 37.4 Å². The second kappa shape index (κ2) is 7.67. The molecule has 1 aromatic heterocycles. The molecule has 136 valence electrons. The van der Waals surface area contributed by atoms with Crippen LogP contribution in [0, 0.1) is 0 Å². The predicted octanol–water partition coefficient (Wildman–Crippen LogP) is 2.28. The first-order valence-electron chi connectivity index (χ1n) is 8.08. The van der Waals surface area contributed by atoms with Crippen LogP contribution in [0.3, 0.4) is 0 Å². The molecule has 2 heterocycles. The standard InChI is InChI=1S/C18H18N2O5S/c1-10(18(23)24)19-16(21)11-2-4-13(5-3-11)20-17(22)15-8-12-9-25-7-6-14(12)26-15/h2-5,8,10H,6-7,9H2,1H3,(H,19,21)(H,20,22)(H,23,24). The first-order chi connectivity index (χ1) is 12.4. The smallest absolute Gasteiger partial charge is 0.325 e. The van der Waals surface area contributed by atoms with E-state index in [2.05, 4.69) is 10.6 Å². The zero-order valence-electron chi connectivity index (χ0n) is 14.1. The summed E-state index contributed by atoms with van der Waals surface area (Å²) in [6.45, 7) is 2.61. The van der Waals surface area contributed by atoms with Crippen LogP contribution in [0.15, 0.2) is 30.3 Å². The van der Waals surface area contributed by atoms with Crippen LogP contribution >= 0.6 is 11.3 Å². The first kappa shape index (κ1) is 18.1. The molecule has 26 heavy (non-hydrogen) atoms. The minimum absolute atomic E-state index is 0.207. The number of hydrogen-bond donors (Lipinski definition) is 3. The van der Waals surface area contributed by atoms with Gasteiger partial charge in [0.25, 0.3) is 11.8 Å². The van der Waals surface area contributed by atoms with E-state index < -0.39 is 17.9 Å². The van der Waals surface area contributed by atoms with Gasteiger partial charge in [-0.05, 0) is 42.8 Å². The van der Waals surface area contributed by atoms with Gasteiger partial charge in [0, 0.05) is 22.5 Å². The molecule has 0 bridgehead atoms. The summed E-state index contributed by atoms with van der Waals surface area (Å²) in [6.07, 6.45) is 0.825. The highest BCUT2D eigenvalue weighted by molar-refractivity contribution is 7.14. The van der Waals surface area contributed by atoms with Gasteiger partial charge in [-0.2, -0.15) is 0 Å². The lowest BCUT2D eigenvalue weighted by atomic mass is 10.1. The lowest BCUT2D eigenvalue weighted by molar-refractivity contribution is -0.138. The Labute approximate surface area is 154 Å². The molecular formula is C18H18N2O5S. The molecule has 3 N–H and O–H groups in total. The molecule has 0 fully saturated rings. The number of carboxylic acid groups (broad SMARTS) is 1. The molecule has 0 saturated carbocycles. The highest BCUT2D eigenvalue weighted by atomic mass is 32.1. The van der Waals surface area contributed by atoms with E-state index in [9.17, 15) is 14.4 Å². The van der Waals surface area contributed by atoms with Gasteiger partial charge in [0.1, 0.15) is 6.04 Å². The summed E-state index contributed by atoms with van der Waals surface area (Å²) in [4.78, 5) is 36.9. The lowest BCUT2D eigenvalue weighted by Gasteiger charge is -2.10. The molecular weight excluding hydrogens is 356 g/mol. The van der Waals surface area contributed by atoms with Gasteiger partial charge in [-0.3, -0.25) is 14.4 Å². The van der Waals surface area contributed by atoms with Crippen LogP contribution in [-0.2, 0) is 22.6 Å². The largest absolute Gasteiger partial charge is 0.480 e. The highest BCUT2D eigenvalue weighted by Crippen LogP contribution is 2.27. The third-order valence-corrected chi connectivity index (χ3v) is 5.21. The summed E-state index contributed by atoms with van der Waals surface area (Å²) in [5, 5.41) is 14.0. The summed E-state index contributed by atoms with van der Waals surface area (Å²) in [5.74, 6) is -1.80. The molecule has 8 heteroatoms. The Morgan fingerprint density at radius 3 is 2.58 bits per heavy atom. The van der Waals surface area contributed by atoms with Gasteiger partial charge in [-0.1, -0.05) is 0 Å². The monoisotopic (exact) mass is 374 g/mol. The Morgan fingerprint density at radius 2 is 1.92 bits per heavy atom. The van der Waals surface area contributed by atoms with Crippen molar-refractivity contribution in [2.45, 2.75) is 26.0 Å². The van der Waals surface area contributed by atoms with Crippen molar-refractivity contribution in [1.82, 2.24) is 5.32 Å². The molecule has 3 rings (SSSR count). The van der Waals surface area contributed by atoms with Crippen LogP contribution in [0.2, 0.25) is 0 Å². The third kappa shape index (κ3) is 4.09. The van der Waals surface area contributed by atoms with E-state index in [0.717, 1.165) is 12.0 Å². The second-order valence-electron chi connectivity index (χ2n) is 5.93. The van der Waals surface area contributed by atoms with Crippen LogP contribution in [-0.4, -0.2) is 35.5 Å². The SMILES string of the molecule is CC(NC(=O)c1ccc(NC(=O)c2cc3c(s2)CCOC3)cc1)C(=O)O. The van der Waals surface area contributed by atoms with Gasteiger partial charge in [0.2, 0.25) is 0 Å².